The van der Waals surface area contributed by atoms with Crippen LogP contribution in [0.15, 0.2) is 0 Å². The minimum Gasteiger partial charge on any atom is -0.322 e. The van der Waals surface area contributed by atoms with Crippen molar-refractivity contribution in [3.63, 3.8) is 0 Å². The number of hydrogen-bond acceptors (Lipinski definition) is 0. The highest BCUT2D eigenvalue weighted by molar-refractivity contribution is 4.58. The second-order valence-corrected chi connectivity index (χ2v) is 4.30. The maximum atomic E-state index is 2.43. The monoisotopic (exact) mass is 170 g/mol. The summed E-state index contributed by atoms with van der Waals surface area (Å²) in [6.07, 6.45) is 5.72. The normalized spacial score (nSPS) is 25.2. The predicted octanol–water partition coefficient (Wildman–Crippen LogP) is 2.81. The fourth-order valence-corrected chi connectivity index (χ4v) is 2.60. The average Bonchev–Trinajstić information content (AvgIpc) is 2.17. The van der Waals surface area contributed by atoms with Gasteiger partial charge in [-0.1, -0.05) is 6.92 Å². The van der Waals surface area contributed by atoms with E-state index >= 15 is 0 Å². The lowest BCUT2D eigenvalue weighted by Gasteiger charge is -2.45. The Morgan fingerprint density at radius 2 is 1.67 bits per heavy atom. The maximum absolute atomic E-state index is 2.43. The highest BCUT2D eigenvalue weighted by atomic mass is 15.4. The Kier molecular flexibility index (Phi) is 3.57. The first-order valence-corrected chi connectivity index (χ1v) is 5.61. The Morgan fingerprint density at radius 1 is 1.08 bits per heavy atom. The molecule has 72 valence electrons. The molecule has 0 aromatic carbocycles. The minimum absolute atomic E-state index is 0.885. The standard InChI is InChI=1S/C11H24N/c1-4-11(3)12(5-2)9-7-6-8-10-12/h11H,4-10H2,1-3H3/q+1. The summed E-state index contributed by atoms with van der Waals surface area (Å²) in [5, 5.41) is 0. The van der Waals surface area contributed by atoms with Crippen molar-refractivity contribution in [3.8, 4) is 0 Å². The van der Waals surface area contributed by atoms with E-state index < -0.39 is 0 Å². The van der Waals surface area contributed by atoms with Crippen molar-refractivity contribution in [1.29, 1.82) is 0 Å². The molecule has 1 saturated heterocycles. The van der Waals surface area contributed by atoms with Crippen LogP contribution in [0.5, 0.6) is 0 Å². The van der Waals surface area contributed by atoms with Gasteiger partial charge >= 0.3 is 0 Å². The average molecular weight is 170 g/mol. The number of piperidine rings is 1. The van der Waals surface area contributed by atoms with Gasteiger partial charge in [0.25, 0.3) is 0 Å². The third-order valence-electron chi connectivity index (χ3n) is 3.86. The lowest BCUT2D eigenvalue weighted by Crippen LogP contribution is -2.56. The minimum atomic E-state index is 0.885. The number of hydrogen-bond donors (Lipinski definition) is 0. The first kappa shape index (κ1) is 10.0. The molecule has 1 aliphatic rings. The number of nitrogens with zero attached hydrogens (tertiary/aromatic N) is 1. The lowest BCUT2D eigenvalue weighted by molar-refractivity contribution is -0.952. The lowest BCUT2D eigenvalue weighted by atomic mass is 10.0. The van der Waals surface area contributed by atoms with Gasteiger partial charge in [-0.05, 0) is 39.5 Å². The van der Waals surface area contributed by atoms with E-state index in [2.05, 4.69) is 20.8 Å². The molecule has 0 aromatic heterocycles. The SMILES string of the molecule is CCC(C)[N+]1(CC)CCCCC1. The number of rotatable bonds is 3. The molecule has 1 heteroatoms. The number of likely N-dealkylation sites (tertiary alicyclic amines) is 1. The molecule has 0 bridgehead atoms. The molecular weight excluding hydrogens is 146 g/mol. The van der Waals surface area contributed by atoms with Crippen LogP contribution in [0.2, 0.25) is 0 Å². The van der Waals surface area contributed by atoms with E-state index in [1.165, 1.54) is 49.8 Å². The van der Waals surface area contributed by atoms with Crippen molar-refractivity contribution in [2.75, 3.05) is 19.6 Å². The second-order valence-electron chi connectivity index (χ2n) is 4.30. The van der Waals surface area contributed by atoms with Crippen LogP contribution in [0.4, 0.5) is 0 Å². The molecule has 1 heterocycles. The molecule has 0 aliphatic carbocycles. The zero-order chi connectivity index (χ0) is 9.03. The van der Waals surface area contributed by atoms with E-state index in [0.29, 0.717) is 0 Å². The van der Waals surface area contributed by atoms with Gasteiger partial charge in [-0.15, -0.1) is 0 Å². The van der Waals surface area contributed by atoms with Crippen LogP contribution in [0.3, 0.4) is 0 Å². The molecule has 0 saturated carbocycles. The first-order valence-electron chi connectivity index (χ1n) is 5.61. The van der Waals surface area contributed by atoms with Crippen molar-refractivity contribution < 1.29 is 4.48 Å². The predicted molar refractivity (Wildman–Crippen MR) is 54.1 cm³/mol. The van der Waals surface area contributed by atoms with Gasteiger partial charge in [0.05, 0.1) is 25.7 Å². The Bertz CT molecular complexity index is 125. The smallest absolute Gasteiger partial charge is 0.0859 e. The Balaban J connectivity index is 2.59. The Morgan fingerprint density at radius 3 is 2.08 bits per heavy atom. The van der Waals surface area contributed by atoms with Gasteiger partial charge in [0.2, 0.25) is 0 Å². The third-order valence-corrected chi connectivity index (χ3v) is 3.86. The molecule has 1 aliphatic heterocycles. The summed E-state index contributed by atoms with van der Waals surface area (Å²) < 4.78 is 1.40. The van der Waals surface area contributed by atoms with Crippen LogP contribution in [0, 0.1) is 0 Å². The third kappa shape index (κ3) is 1.82. The van der Waals surface area contributed by atoms with Crippen molar-refractivity contribution in [1.82, 2.24) is 0 Å². The topological polar surface area (TPSA) is 0 Å². The maximum Gasteiger partial charge on any atom is 0.0859 e. The van der Waals surface area contributed by atoms with E-state index in [9.17, 15) is 0 Å². The quantitative estimate of drug-likeness (QED) is 0.571. The van der Waals surface area contributed by atoms with Gasteiger partial charge in [-0.2, -0.15) is 0 Å². The summed E-state index contributed by atoms with van der Waals surface area (Å²) >= 11 is 0. The fraction of sp³-hybridized carbons (Fsp3) is 1.00. The van der Waals surface area contributed by atoms with Crippen molar-refractivity contribution in [2.45, 2.75) is 52.5 Å². The van der Waals surface area contributed by atoms with E-state index in [1.807, 2.05) is 0 Å². The number of quaternary nitrogens is 1. The van der Waals surface area contributed by atoms with E-state index in [4.69, 9.17) is 0 Å². The van der Waals surface area contributed by atoms with Crippen molar-refractivity contribution >= 4 is 0 Å². The van der Waals surface area contributed by atoms with E-state index in [1.54, 1.807) is 0 Å². The molecule has 1 nitrogen and oxygen atoms in total. The molecule has 0 aromatic rings. The van der Waals surface area contributed by atoms with Crippen LogP contribution in [-0.4, -0.2) is 30.2 Å². The highest BCUT2D eigenvalue weighted by Gasteiger charge is 2.32. The first-order chi connectivity index (χ1) is 5.75. The molecule has 0 radical (unpaired) electrons. The van der Waals surface area contributed by atoms with Crippen LogP contribution < -0.4 is 0 Å². The summed E-state index contributed by atoms with van der Waals surface area (Å²) in [5.41, 5.74) is 0. The van der Waals surface area contributed by atoms with E-state index in [-0.39, 0.29) is 0 Å². The summed E-state index contributed by atoms with van der Waals surface area (Å²) in [5.74, 6) is 0. The summed E-state index contributed by atoms with van der Waals surface area (Å²) in [6.45, 7) is 11.3. The molecule has 1 fully saturated rings. The van der Waals surface area contributed by atoms with Gasteiger partial charge in [-0.3, -0.25) is 0 Å². The molecule has 0 spiro atoms. The Hall–Kier alpha value is -0.0400. The zero-order valence-corrected chi connectivity index (χ0v) is 8.97. The van der Waals surface area contributed by atoms with Crippen LogP contribution in [0.25, 0.3) is 0 Å². The second kappa shape index (κ2) is 4.27. The zero-order valence-electron chi connectivity index (χ0n) is 8.97. The molecule has 0 N–H and O–H groups in total. The molecule has 1 rings (SSSR count). The van der Waals surface area contributed by atoms with Gasteiger partial charge in [0, 0.05) is 0 Å². The van der Waals surface area contributed by atoms with Gasteiger partial charge in [-0.25, -0.2) is 0 Å². The molecular formula is C11H24N+. The van der Waals surface area contributed by atoms with Crippen LogP contribution in [0.1, 0.15) is 46.5 Å². The molecule has 12 heavy (non-hydrogen) atoms. The molecule has 1 unspecified atom stereocenters. The highest BCUT2D eigenvalue weighted by Crippen LogP contribution is 2.23. The Labute approximate surface area is 77.4 Å². The van der Waals surface area contributed by atoms with Crippen LogP contribution >= 0.6 is 0 Å². The van der Waals surface area contributed by atoms with Gasteiger partial charge < -0.3 is 4.48 Å². The molecule has 0 amide bonds. The summed E-state index contributed by atoms with van der Waals surface area (Å²) in [7, 11) is 0. The summed E-state index contributed by atoms with van der Waals surface area (Å²) in [4.78, 5) is 0. The summed E-state index contributed by atoms with van der Waals surface area (Å²) in [6, 6.07) is 0.885. The van der Waals surface area contributed by atoms with Crippen molar-refractivity contribution in [2.24, 2.45) is 0 Å². The van der Waals surface area contributed by atoms with Gasteiger partial charge in [0.1, 0.15) is 0 Å². The molecule has 1 atom stereocenters. The van der Waals surface area contributed by atoms with E-state index in [0.717, 1.165) is 6.04 Å². The van der Waals surface area contributed by atoms with Crippen molar-refractivity contribution in [3.05, 3.63) is 0 Å². The van der Waals surface area contributed by atoms with Crippen LogP contribution in [-0.2, 0) is 0 Å². The fourth-order valence-electron chi connectivity index (χ4n) is 2.60. The largest absolute Gasteiger partial charge is 0.322 e. The van der Waals surface area contributed by atoms with Gasteiger partial charge in [0.15, 0.2) is 0 Å².